The lowest BCUT2D eigenvalue weighted by Crippen LogP contribution is -2.33. The molecule has 1 aromatic rings. The summed E-state index contributed by atoms with van der Waals surface area (Å²) in [4.78, 5) is 16.1. The van der Waals surface area contributed by atoms with Crippen LogP contribution in [0.25, 0.3) is 0 Å². The van der Waals surface area contributed by atoms with Crippen LogP contribution in [0.4, 0.5) is 5.69 Å². The first-order valence-electron chi connectivity index (χ1n) is 7.59. The van der Waals surface area contributed by atoms with Gasteiger partial charge in [-0.05, 0) is 50.3 Å². The number of rotatable bonds is 5. The van der Waals surface area contributed by atoms with Crippen molar-refractivity contribution in [3.63, 3.8) is 0 Å². The maximum atomic E-state index is 12.2. The number of nitrogens with zero attached hydrogens (tertiary/aromatic N) is 1. The van der Waals surface area contributed by atoms with E-state index in [0.29, 0.717) is 6.04 Å². The molecule has 0 aliphatic heterocycles. The predicted octanol–water partition coefficient (Wildman–Crippen LogP) is 2.82. The summed E-state index contributed by atoms with van der Waals surface area (Å²) < 4.78 is 0. The third kappa shape index (κ3) is 4.60. The van der Waals surface area contributed by atoms with Crippen molar-refractivity contribution < 1.29 is 4.79 Å². The highest BCUT2D eigenvalue weighted by molar-refractivity contribution is 5.92. The molecule has 0 saturated heterocycles. The maximum Gasteiger partial charge on any atom is 0.227 e. The quantitative estimate of drug-likeness (QED) is 0.869. The van der Waals surface area contributed by atoms with Crippen LogP contribution < -0.4 is 10.6 Å². The fraction of sp³-hybridized carbons (Fsp3) is 0.625. The average Bonchev–Trinajstić information content (AvgIpc) is 2.46. The van der Waals surface area contributed by atoms with Gasteiger partial charge in [-0.2, -0.15) is 0 Å². The zero-order chi connectivity index (χ0) is 14.4. The summed E-state index contributed by atoms with van der Waals surface area (Å²) in [7, 11) is 0. The standard InChI is InChI=1S/C16H25N3O/c1-12(2)18-11-13-3-5-14(6-4-13)16(20)19-15-7-9-17-10-8-15/h7-10,12-14,18H,3-6,11H2,1-2H3,(H,17,19,20). The molecule has 1 aliphatic rings. The molecule has 1 amide bonds. The van der Waals surface area contributed by atoms with E-state index in [9.17, 15) is 4.79 Å². The minimum Gasteiger partial charge on any atom is -0.326 e. The van der Waals surface area contributed by atoms with E-state index in [1.807, 2.05) is 12.1 Å². The van der Waals surface area contributed by atoms with Gasteiger partial charge in [-0.3, -0.25) is 9.78 Å². The van der Waals surface area contributed by atoms with E-state index in [0.717, 1.165) is 43.8 Å². The molecule has 0 aromatic carbocycles. The molecule has 0 bridgehead atoms. The lowest BCUT2D eigenvalue weighted by Gasteiger charge is -2.28. The third-order valence-electron chi connectivity index (χ3n) is 3.98. The Morgan fingerprint density at radius 1 is 1.25 bits per heavy atom. The summed E-state index contributed by atoms with van der Waals surface area (Å²) in [5.74, 6) is 1.05. The van der Waals surface area contributed by atoms with Gasteiger partial charge in [-0.15, -0.1) is 0 Å². The fourth-order valence-electron chi connectivity index (χ4n) is 2.71. The van der Waals surface area contributed by atoms with Crippen molar-refractivity contribution >= 4 is 11.6 Å². The van der Waals surface area contributed by atoms with Gasteiger partial charge in [0.15, 0.2) is 0 Å². The van der Waals surface area contributed by atoms with Crippen molar-refractivity contribution in [2.24, 2.45) is 11.8 Å². The first kappa shape index (κ1) is 15.0. The number of nitrogens with one attached hydrogen (secondary N) is 2. The largest absolute Gasteiger partial charge is 0.326 e. The lowest BCUT2D eigenvalue weighted by molar-refractivity contribution is -0.121. The molecule has 110 valence electrons. The van der Waals surface area contributed by atoms with E-state index in [-0.39, 0.29) is 11.8 Å². The van der Waals surface area contributed by atoms with Gasteiger partial charge in [-0.25, -0.2) is 0 Å². The van der Waals surface area contributed by atoms with Crippen LogP contribution in [0.3, 0.4) is 0 Å². The molecular weight excluding hydrogens is 250 g/mol. The third-order valence-corrected chi connectivity index (χ3v) is 3.98. The summed E-state index contributed by atoms with van der Waals surface area (Å²) in [6.45, 7) is 5.43. The Hall–Kier alpha value is -1.42. The minimum absolute atomic E-state index is 0.159. The van der Waals surface area contributed by atoms with E-state index in [4.69, 9.17) is 0 Å². The molecular formula is C16H25N3O. The van der Waals surface area contributed by atoms with Crippen LogP contribution in [0.2, 0.25) is 0 Å². The second-order valence-electron chi connectivity index (χ2n) is 6.01. The van der Waals surface area contributed by atoms with E-state index in [1.54, 1.807) is 12.4 Å². The zero-order valence-corrected chi connectivity index (χ0v) is 12.4. The molecule has 1 fully saturated rings. The minimum atomic E-state index is 0.159. The summed E-state index contributed by atoms with van der Waals surface area (Å²) in [5.41, 5.74) is 0.841. The zero-order valence-electron chi connectivity index (χ0n) is 12.4. The van der Waals surface area contributed by atoms with Crippen molar-refractivity contribution in [2.45, 2.75) is 45.6 Å². The van der Waals surface area contributed by atoms with Crippen molar-refractivity contribution in [2.75, 3.05) is 11.9 Å². The highest BCUT2D eigenvalue weighted by Gasteiger charge is 2.26. The second kappa shape index (κ2) is 7.39. The first-order valence-corrected chi connectivity index (χ1v) is 7.59. The highest BCUT2D eigenvalue weighted by Crippen LogP contribution is 2.29. The molecule has 1 aromatic heterocycles. The molecule has 2 rings (SSSR count). The van der Waals surface area contributed by atoms with Gasteiger partial charge < -0.3 is 10.6 Å². The molecule has 0 radical (unpaired) electrons. The van der Waals surface area contributed by atoms with Gasteiger partial charge in [0.1, 0.15) is 0 Å². The molecule has 0 unspecified atom stereocenters. The van der Waals surface area contributed by atoms with E-state index in [2.05, 4.69) is 29.5 Å². The van der Waals surface area contributed by atoms with Crippen molar-refractivity contribution in [3.05, 3.63) is 24.5 Å². The summed E-state index contributed by atoms with van der Waals surface area (Å²) in [6.07, 6.45) is 7.69. The normalized spacial score (nSPS) is 22.8. The van der Waals surface area contributed by atoms with Crippen LogP contribution in [0.1, 0.15) is 39.5 Å². The topological polar surface area (TPSA) is 54.0 Å². The number of anilines is 1. The highest BCUT2D eigenvalue weighted by atomic mass is 16.1. The van der Waals surface area contributed by atoms with E-state index >= 15 is 0 Å². The number of pyridine rings is 1. The van der Waals surface area contributed by atoms with Crippen LogP contribution in [0, 0.1) is 11.8 Å². The lowest BCUT2D eigenvalue weighted by atomic mass is 9.81. The molecule has 20 heavy (non-hydrogen) atoms. The molecule has 4 nitrogen and oxygen atoms in total. The Kier molecular flexibility index (Phi) is 5.53. The Morgan fingerprint density at radius 2 is 1.90 bits per heavy atom. The van der Waals surface area contributed by atoms with Crippen molar-refractivity contribution in [1.82, 2.24) is 10.3 Å². The van der Waals surface area contributed by atoms with Crippen LogP contribution in [0.15, 0.2) is 24.5 Å². The molecule has 4 heteroatoms. The molecule has 1 saturated carbocycles. The first-order chi connectivity index (χ1) is 9.65. The van der Waals surface area contributed by atoms with Crippen molar-refractivity contribution in [3.8, 4) is 0 Å². The SMILES string of the molecule is CC(C)NCC1CCC(C(=O)Nc2ccncc2)CC1. The van der Waals surface area contributed by atoms with E-state index < -0.39 is 0 Å². The van der Waals surface area contributed by atoms with Gasteiger partial charge in [0.2, 0.25) is 5.91 Å². The van der Waals surface area contributed by atoms with Crippen LogP contribution in [0.5, 0.6) is 0 Å². The van der Waals surface area contributed by atoms with Gasteiger partial charge in [0.05, 0.1) is 0 Å². The van der Waals surface area contributed by atoms with E-state index in [1.165, 1.54) is 0 Å². The molecule has 0 spiro atoms. The number of aromatic nitrogens is 1. The van der Waals surface area contributed by atoms with Gasteiger partial charge in [-0.1, -0.05) is 13.8 Å². The second-order valence-corrected chi connectivity index (χ2v) is 6.01. The molecule has 0 atom stereocenters. The Labute approximate surface area is 121 Å². The fourth-order valence-corrected chi connectivity index (χ4v) is 2.71. The monoisotopic (exact) mass is 275 g/mol. The molecule has 1 heterocycles. The number of carbonyl (C=O) groups is 1. The van der Waals surface area contributed by atoms with Gasteiger partial charge in [0, 0.05) is 30.0 Å². The average molecular weight is 275 g/mol. The van der Waals surface area contributed by atoms with Crippen molar-refractivity contribution in [1.29, 1.82) is 0 Å². The number of hydrogen-bond acceptors (Lipinski definition) is 3. The molecule has 1 aliphatic carbocycles. The predicted molar refractivity (Wildman–Crippen MR) is 81.5 cm³/mol. The Morgan fingerprint density at radius 3 is 2.50 bits per heavy atom. The number of amides is 1. The van der Waals surface area contributed by atoms with Gasteiger partial charge in [0.25, 0.3) is 0 Å². The smallest absolute Gasteiger partial charge is 0.227 e. The summed E-state index contributed by atoms with van der Waals surface area (Å²) >= 11 is 0. The Balaban J connectivity index is 1.74. The van der Waals surface area contributed by atoms with Crippen LogP contribution in [-0.4, -0.2) is 23.5 Å². The summed E-state index contributed by atoms with van der Waals surface area (Å²) in [5, 5.41) is 6.47. The number of hydrogen-bond donors (Lipinski definition) is 2. The molecule has 2 N–H and O–H groups in total. The summed E-state index contributed by atoms with van der Waals surface area (Å²) in [6, 6.07) is 4.20. The van der Waals surface area contributed by atoms with Crippen LogP contribution in [-0.2, 0) is 4.79 Å². The van der Waals surface area contributed by atoms with Gasteiger partial charge >= 0.3 is 0 Å². The maximum absolute atomic E-state index is 12.2. The number of carbonyl (C=O) groups excluding carboxylic acids is 1. The Bertz CT molecular complexity index is 411. The van der Waals surface area contributed by atoms with Crippen LogP contribution >= 0.6 is 0 Å².